The maximum absolute atomic E-state index is 2.39. The van der Waals surface area contributed by atoms with Gasteiger partial charge in [-0.05, 0) is 41.6 Å². The van der Waals surface area contributed by atoms with Crippen LogP contribution in [0.25, 0.3) is 0 Å². The summed E-state index contributed by atoms with van der Waals surface area (Å²) in [5, 5.41) is 0. The molecule has 0 amide bonds. The number of rotatable bonds is 2. The Hall–Kier alpha value is 0.350. The SMILES string of the molecule is CC(C)C1(C(C)C)CCCSC1. The molecular formula is C11H22S. The van der Waals surface area contributed by atoms with E-state index in [1.807, 2.05) is 0 Å². The molecule has 1 aliphatic rings. The van der Waals surface area contributed by atoms with Crippen molar-refractivity contribution in [2.75, 3.05) is 11.5 Å². The van der Waals surface area contributed by atoms with Crippen LogP contribution in [0.4, 0.5) is 0 Å². The van der Waals surface area contributed by atoms with E-state index in [0.717, 1.165) is 11.8 Å². The average Bonchev–Trinajstić information content (AvgIpc) is 2.05. The summed E-state index contributed by atoms with van der Waals surface area (Å²) in [5.41, 5.74) is 0.642. The molecule has 1 aliphatic heterocycles. The molecule has 0 saturated carbocycles. The van der Waals surface area contributed by atoms with Crippen molar-refractivity contribution in [3.05, 3.63) is 0 Å². The second-order valence-corrected chi connectivity index (χ2v) is 5.80. The highest BCUT2D eigenvalue weighted by Crippen LogP contribution is 2.46. The first kappa shape index (κ1) is 10.4. The Morgan fingerprint density at radius 3 is 1.92 bits per heavy atom. The van der Waals surface area contributed by atoms with Crippen LogP contribution in [-0.4, -0.2) is 11.5 Å². The van der Waals surface area contributed by atoms with Crippen LogP contribution in [0.5, 0.6) is 0 Å². The van der Waals surface area contributed by atoms with Crippen molar-refractivity contribution in [1.82, 2.24) is 0 Å². The van der Waals surface area contributed by atoms with Crippen LogP contribution in [0.1, 0.15) is 40.5 Å². The van der Waals surface area contributed by atoms with Gasteiger partial charge < -0.3 is 0 Å². The second-order valence-electron chi connectivity index (χ2n) is 4.70. The molecule has 0 aromatic rings. The Labute approximate surface area is 81.5 Å². The van der Waals surface area contributed by atoms with Gasteiger partial charge in [-0.1, -0.05) is 27.7 Å². The highest BCUT2D eigenvalue weighted by atomic mass is 32.2. The molecule has 0 bridgehead atoms. The molecule has 0 N–H and O–H groups in total. The Morgan fingerprint density at radius 1 is 1.08 bits per heavy atom. The van der Waals surface area contributed by atoms with Gasteiger partial charge in [0, 0.05) is 0 Å². The average molecular weight is 186 g/mol. The lowest BCUT2D eigenvalue weighted by molar-refractivity contribution is 0.125. The van der Waals surface area contributed by atoms with Crippen molar-refractivity contribution in [1.29, 1.82) is 0 Å². The van der Waals surface area contributed by atoms with E-state index in [1.54, 1.807) is 0 Å². The van der Waals surface area contributed by atoms with Crippen molar-refractivity contribution >= 4 is 11.8 Å². The highest BCUT2D eigenvalue weighted by molar-refractivity contribution is 7.99. The third-order valence-corrected chi connectivity index (χ3v) is 4.92. The van der Waals surface area contributed by atoms with Gasteiger partial charge in [0.25, 0.3) is 0 Å². The zero-order valence-electron chi connectivity index (χ0n) is 8.89. The van der Waals surface area contributed by atoms with Gasteiger partial charge in [0.05, 0.1) is 0 Å². The molecule has 0 aromatic carbocycles. The van der Waals surface area contributed by atoms with Crippen molar-refractivity contribution in [2.24, 2.45) is 17.3 Å². The van der Waals surface area contributed by atoms with Crippen LogP contribution in [0.3, 0.4) is 0 Å². The van der Waals surface area contributed by atoms with Crippen LogP contribution < -0.4 is 0 Å². The Morgan fingerprint density at radius 2 is 1.67 bits per heavy atom. The molecule has 0 unspecified atom stereocenters. The third kappa shape index (κ3) is 1.81. The van der Waals surface area contributed by atoms with Crippen molar-refractivity contribution < 1.29 is 0 Å². The van der Waals surface area contributed by atoms with Gasteiger partial charge in [0.1, 0.15) is 0 Å². The molecule has 0 nitrogen and oxygen atoms in total. The van der Waals surface area contributed by atoms with Crippen LogP contribution in [0, 0.1) is 17.3 Å². The zero-order chi connectivity index (χ0) is 9.19. The molecule has 0 radical (unpaired) electrons. The minimum Gasteiger partial charge on any atom is -0.161 e. The number of hydrogen-bond donors (Lipinski definition) is 0. The fraction of sp³-hybridized carbons (Fsp3) is 1.00. The molecule has 1 heterocycles. The largest absolute Gasteiger partial charge is 0.161 e. The Kier molecular flexibility index (Phi) is 3.51. The first-order valence-corrected chi connectivity index (χ1v) is 6.33. The summed E-state index contributed by atoms with van der Waals surface area (Å²) in [4.78, 5) is 0. The van der Waals surface area contributed by atoms with Gasteiger partial charge in [0.2, 0.25) is 0 Å². The Balaban J connectivity index is 2.70. The predicted molar refractivity (Wildman–Crippen MR) is 58.7 cm³/mol. The van der Waals surface area contributed by atoms with Gasteiger partial charge in [-0.25, -0.2) is 0 Å². The van der Waals surface area contributed by atoms with E-state index in [9.17, 15) is 0 Å². The van der Waals surface area contributed by atoms with Gasteiger partial charge in [-0.2, -0.15) is 11.8 Å². The molecule has 1 saturated heterocycles. The third-order valence-electron chi connectivity index (χ3n) is 3.60. The number of thioether (sulfide) groups is 1. The second kappa shape index (κ2) is 4.04. The minimum atomic E-state index is 0.642. The first-order chi connectivity index (χ1) is 5.59. The minimum absolute atomic E-state index is 0.642. The standard InChI is InChI=1S/C11H22S/c1-9(2)11(10(3)4)6-5-7-12-8-11/h9-10H,5-8H2,1-4H3. The summed E-state index contributed by atoms with van der Waals surface area (Å²) in [6, 6.07) is 0. The van der Waals surface area contributed by atoms with Gasteiger partial charge >= 0.3 is 0 Å². The molecule has 72 valence electrons. The fourth-order valence-corrected chi connectivity index (χ4v) is 4.10. The lowest BCUT2D eigenvalue weighted by Gasteiger charge is -2.44. The quantitative estimate of drug-likeness (QED) is 0.632. The monoisotopic (exact) mass is 186 g/mol. The number of hydrogen-bond acceptors (Lipinski definition) is 1. The van der Waals surface area contributed by atoms with Crippen LogP contribution in [-0.2, 0) is 0 Å². The summed E-state index contributed by atoms with van der Waals surface area (Å²) in [5.74, 6) is 4.49. The van der Waals surface area contributed by atoms with Crippen LogP contribution in [0.2, 0.25) is 0 Å². The van der Waals surface area contributed by atoms with E-state index in [1.165, 1.54) is 24.3 Å². The molecule has 0 aliphatic carbocycles. The normalized spacial score (nSPS) is 23.5. The molecule has 1 rings (SSSR count). The topological polar surface area (TPSA) is 0 Å². The van der Waals surface area contributed by atoms with Crippen molar-refractivity contribution in [2.45, 2.75) is 40.5 Å². The lowest BCUT2D eigenvalue weighted by atomic mass is 9.67. The van der Waals surface area contributed by atoms with E-state index in [0.29, 0.717) is 5.41 Å². The summed E-state index contributed by atoms with van der Waals surface area (Å²) in [6.45, 7) is 9.58. The Bertz CT molecular complexity index is 122. The summed E-state index contributed by atoms with van der Waals surface area (Å²) < 4.78 is 0. The van der Waals surface area contributed by atoms with Crippen molar-refractivity contribution in [3.63, 3.8) is 0 Å². The molecular weight excluding hydrogens is 164 g/mol. The fourth-order valence-electron chi connectivity index (χ4n) is 2.42. The van der Waals surface area contributed by atoms with Gasteiger partial charge in [0.15, 0.2) is 0 Å². The maximum Gasteiger partial charge on any atom is -0.000590 e. The van der Waals surface area contributed by atoms with E-state index in [2.05, 4.69) is 39.5 Å². The van der Waals surface area contributed by atoms with E-state index >= 15 is 0 Å². The summed E-state index contributed by atoms with van der Waals surface area (Å²) in [6.07, 6.45) is 2.89. The highest BCUT2D eigenvalue weighted by Gasteiger charge is 2.38. The molecule has 1 fully saturated rings. The maximum atomic E-state index is 2.39. The van der Waals surface area contributed by atoms with Gasteiger partial charge in [-0.3, -0.25) is 0 Å². The molecule has 12 heavy (non-hydrogen) atoms. The zero-order valence-corrected chi connectivity index (χ0v) is 9.71. The summed E-state index contributed by atoms with van der Waals surface area (Å²) in [7, 11) is 0. The van der Waals surface area contributed by atoms with Crippen LogP contribution >= 0.6 is 11.8 Å². The molecule has 0 aromatic heterocycles. The van der Waals surface area contributed by atoms with Crippen LogP contribution in [0.15, 0.2) is 0 Å². The van der Waals surface area contributed by atoms with E-state index in [-0.39, 0.29) is 0 Å². The smallest absolute Gasteiger partial charge is 0.000590 e. The van der Waals surface area contributed by atoms with E-state index < -0.39 is 0 Å². The molecule has 0 atom stereocenters. The van der Waals surface area contributed by atoms with E-state index in [4.69, 9.17) is 0 Å². The molecule has 0 spiro atoms. The lowest BCUT2D eigenvalue weighted by Crippen LogP contribution is -2.38. The predicted octanol–water partition coefficient (Wildman–Crippen LogP) is 3.81. The first-order valence-electron chi connectivity index (χ1n) is 5.17. The van der Waals surface area contributed by atoms with Crippen molar-refractivity contribution in [3.8, 4) is 0 Å². The molecule has 1 heteroatoms. The van der Waals surface area contributed by atoms with Gasteiger partial charge in [-0.15, -0.1) is 0 Å². The summed E-state index contributed by atoms with van der Waals surface area (Å²) >= 11 is 2.16.